The van der Waals surface area contributed by atoms with Crippen molar-refractivity contribution in [3.05, 3.63) is 23.4 Å². The Balaban J connectivity index is -0.0000000580. The smallest absolute Gasteiger partial charge is 0.693 e. The zero-order valence-electron chi connectivity index (χ0n) is 23.9. The van der Waals surface area contributed by atoms with E-state index < -0.39 is 12.8 Å². The second-order valence-electron chi connectivity index (χ2n) is 8.41. The molecule has 0 saturated carbocycles. The van der Waals surface area contributed by atoms with Crippen molar-refractivity contribution in [1.82, 2.24) is 0 Å². The zero-order valence-corrected chi connectivity index (χ0v) is 28.1. The SMILES string of the molecule is CC(C)CC(CC=O)C(C)C.CC(C)CC(CC[NH-])C(C)C.[3H]C([NH-])=O.[3H]C([NH-])=O.[K+].[K+].[NH2-]. The van der Waals surface area contributed by atoms with Gasteiger partial charge in [-0.1, -0.05) is 61.8 Å². The van der Waals surface area contributed by atoms with Crippen molar-refractivity contribution in [3.8, 4) is 0 Å². The average Bonchev–Trinajstić information content (AvgIpc) is 2.52. The van der Waals surface area contributed by atoms with E-state index in [1.165, 1.54) is 12.8 Å². The number of amides is 2. The summed E-state index contributed by atoms with van der Waals surface area (Å²) >= 11 is 0. The summed E-state index contributed by atoms with van der Waals surface area (Å²) in [6.45, 7) is 18.5. The fraction of sp³-hybridized carbons (Fsp3) is 0.864. The minimum atomic E-state index is -1.33. The molecule has 5 N–H and O–H groups in total. The standard InChI is InChI=1S/C10H22N.C10H20O.2CH3NO.2K.H2N/c2*1-8(2)7-10(5-6-11)9(3)4;2*2-1-3;;;/h8-11H,5-7H2,1-4H3;6,8-10H,5,7H2,1-4H3;2*1H,(H2,2,3);;;1H2/q-1;;;;2*+1;-1/p-2/i;;2*1T;;;. The summed E-state index contributed by atoms with van der Waals surface area (Å²) in [4.78, 5) is 27.9. The van der Waals surface area contributed by atoms with Gasteiger partial charge in [-0.2, -0.15) is 6.54 Å². The Labute approximate surface area is 281 Å². The van der Waals surface area contributed by atoms with Gasteiger partial charge in [-0.15, -0.1) is 0 Å². The molecule has 0 aromatic rings. The van der Waals surface area contributed by atoms with Gasteiger partial charge in [0.05, 0.1) is 2.74 Å². The predicted molar refractivity (Wildman–Crippen MR) is 126 cm³/mol. The van der Waals surface area contributed by atoms with E-state index in [9.17, 15) is 4.79 Å². The molecular weight excluding hydrogens is 446 g/mol. The first-order valence-corrected chi connectivity index (χ1v) is 10.1. The van der Waals surface area contributed by atoms with Crippen LogP contribution in [0.3, 0.4) is 0 Å². The average molecular weight is 499 g/mol. The first kappa shape index (κ1) is 42.9. The van der Waals surface area contributed by atoms with Gasteiger partial charge in [-0.05, 0) is 48.3 Å². The first-order valence-electron chi connectivity index (χ1n) is 11.1. The largest absolute Gasteiger partial charge is 1.00 e. The number of nitrogens with two attached hydrogens (primary N) is 1. The van der Waals surface area contributed by atoms with Crippen molar-refractivity contribution in [2.75, 3.05) is 6.54 Å². The van der Waals surface area contributed by atoms with Gasteiger partial charge >= 0.3 is 103 Å². The molecule has 0 saturated heterocycles. The summed E-state index contributed by atoms with van der Waals surface area (Å²) in [5, 5.41) is 0. The second-order valence-corrected chi connectivity index (χ2v) is 8.41. The van der Waals surface area contributed by atoms with Crippen LogP contribution in [0.1, 0.15) is 83.8 Å². The van der Waals surface area contributed by atoms with E-state index in [0.29, 0.717) is 24.3 Å². The van der Waals surface area contributed by atoms with Gasteiger partial charge in [0.1, 0.15) is 6.29 Å². The van der Waals surface area contributed by atoms with Crippen LogP contribution in [0, 0.1) is 35.5 Å². The van der Waals surface area contributed by atoms with E-state index in [-0.39, 0.29) is 109 Å². The molecule has 31 heavy (non-hydrogen) atoms. The molecule has 0 aliphatic rings. The Hall–Kier alpha value is 1.80. The Morgan fingerprint density at radius 1 is 0.742 bits per heavy atom. The van der Waals surface area contributed by atoms with E-state index >= 15 is 0 Å². The van der Waals surface area contributed by atoms with Crippen LogP contribution in [0.15, 0.2) is 0 Å². The van der Waals surface area contributed by atoms with E-state index in [1.807, 2.05) is 0 Å². The van der Waals surface area contributed by atoms with Crippen LogP contribution >= 0.6 is 0 Å². The number of nitrogens with one attached hydrogen (secondary N) is 3. The zero-order chi connectivity index (χ0) is 24.9. The fourth-order valence-corrected chi connectivity index (χ4v) is 2.88. The van der Waals surface area contributed by atoms with Crippen LogP contribution in [0.5, 0.6) is 0 Å². The van der Waals surface area contributed by atoms with Crippen molar-refractivity contribution >= 4 is 19.1 Å². The molecule has 0 bridgehead atoms. The third-order valence-electron chi connectivity index (χ3n) is 4.35. The molecule has 0 aliphatic heterocycles. The van der Waals surface area contributed by atoms with Gasteiger partial charge in [0.25, 0.3) is 0 Å². The fourth-order valence-electron chi connectivity index (χ4n) is 2.88. The summed E-state index contributed by atoms with van der Waals surface area (Å²) in [7, 11) is 0. The number of hydrogen-bond donors (Lipinski definition) is 0. The molecule has 0 radical (unpaired) electrons. The normalized spacial score (nSPS) is 11.8. The maximum Gasteiger partial charge on any atom is 1.00 e. The molecule has 2 atom stereocenters. The molecule has 0 aliphatic carbocycles. The third-order valence-corrected chi connectivity index (χ3v) is 4.35. The Morgan fingerprint density at radius 3 is 1.23 bits per heavy atom. The molecule has 178 valence electrons. The maximum absolute atomic E-state index is 10.3. The molecule has 0 heterocycles. The molecule has 0 aromatic carbocycles. The molecule has 2 unspecified atom stereocenters. The van der Waals surface area contributed by atoms with E-state index in [2.05, 4.69) is 55.4 Å². The molecule has 2 amide bonds. The molecule has 0 aromatic heterocycles. The van der Waals surface area contributed by atoms with Gasteiger partial charge in [-0.25, -0.2) is 0 Å². The quantitative estimate of drug-likeness (QED) is 0.332. The van der Waals surface area contributed by atoms with E-state index in [0.717, 1.165) is 36.9 Å². The summed E-state index contributed by atoms with van der Waals surface area (Å²) in [5.74, 6) is 4.25. The van der Waals surface area contributed by atoms with Crippen LogP contribution in [0.2, 0.25) is 0 Å². The molecule has 9 heteroatoms. The van der Waals surface area contributed by atoms with Crippen molar-refractivity contribution < 1.29 is 120 Å². The molecule has 0 rings (SSSR count). The van der Waals surface area contributed by atoms with Gasteiger partial charge in [0.2, 0.25) is 0 Å². The van der Waals surface area contributed by atoms with Gasteiger partial charge in [-0.3, -0.25) is 0 Å². The minimum absolute atomic E-state index is 0. The van der Waals surface area contributed by atoms with Crippen LogP contribution < -0.4 is 103 Å². The van der Waals surface area contributed by atoms with Gasteiger partial charge in [0.15, 0.2) is 0 Å². The summed E-state index contributed by atoms with van der Waals surface area (Å²) in [6.07, 6.45) is 2.66. The van der Waals surface area contributed by atoms with Crippen LogP contribution in [-0.2, 0) is 14.4 Å². The Morgan fingerprint density at radius 2 is 1.03 bits per heavy atom. The maximum atomic E-state index is 10.3. The van der Waals surface area contributed by atoms with Crippen LogP contribution in [0.25, 0.3) is 23.4 Å². The van der Waals surface area contributed by atoms with E-state index in [1.54, 1.807) is 0 Å². The molecule has 0 fully saturated rings. The second kappa shape index (κ2) is 39.0. The van der Waals surface area contributed by atoms with E-state index in [4.69, 9.17) is 29.5 Å². The third kappa shape index (κ3) is 49.9. The molecule has 7 nitrogen and oxygen atoms in total. The van der Waals surface area contributed by atoms with Crippen LogP contribution in [0.4, 0.5) is 0 Å². The summed E-state index contributed by atoms with van der Waals surface area (Å²) in [5.41, 5.74) is 18.4. The number of carbonyl (C=O) groups is 3. The molecular formula is C22H48K2N4O3-2. The van der Waals surface area contributed by atoms with Crippen molar-refractivity contribution in [2.45, 2.75) is 81.1 Å². The number of carbonyl (C=O) groups excluding carboxylic acids is 3. The van der Waals surface area contributed by atoms with Crippen molar-refractivity contribution in [3.63, 3.8) is 0 Å². The van der Waals surface area contributed by atoms with Gasteiger partial charge < -0.3 is 37.7 Å². The molecule has 0 spiro atoms. The summed E-state index contributed by atoms with van der Waals surface area (Å²) in [6, 6.07) is 0. The first-order chi connectivity index (χ1) is 13.6. The minimum Gasteiger partial charge on any atom is -0.693 e. The van der Waals surface area contributed by atoms with Crippen molar-refractivity contribution in [2.24, 2.45) is 35.5 Å². The van der Waals surface area contributed by atoms with Crippen molar-refractivity contribution in [1.29, 1.82) is 0 Å². The monoisotopic (exact) mass is 498 g/mol. The topological polar surface area (TPSA) is 156 Å². The Bertz CT molecular complexity index is 412. The predicted octanol–water partition coefficient (Wildman–Crippen LogP) is 1.76. The summed E-state index contributed by atoms with van der Waals surface area (Å²) < 4.78 is 11.2. The van der Waals surface area contributed by atoms with Crippen LogP contribution in [-0.4, -0.2) is 25.6 Å². The number of aldehydes is 1. The Kier molecular flexibility index (Phi) is 54.0. The number of rotatable bonds is 10. The van der Waals surface area contributed by atoms with Gasteiger partial charge in [0, 0.05) is 19.2 Å². The number of hydrogen-bond acceptors (Lipinski definition) is 3.